The molecule has 2 rings (SSSR count). The highest BCUT2D eigenvalue weighted by molar-refractivity contribution is 7.92. The molecule has 1 amide bonds. The van der Waals surface area contributed by atoms with Gasteiger partial charge < -0.3 is 10.1 Å². The lowest BCUT2D eigenvalue weighted by Crippen LogP contribution is -2.37. The number of benzene rings is 2. The van der Waals surface area contributed by atoms with Crippen molar-refractivity contribution in [2.45, 2.75) is 19.4 Å². The summed E-state index contributed by atoms with van der Waals surface area (Å²) >= 11 is 5.85. The van der Waals surface area contributed by atoms with E-state index in [0.717, 1.165) is 11.8 Å². The molecule has 2 aromatic rings. The largest absolute Gasteiger partial charge is 0.481 e. The molecule has 0 aliphatic rings. The number of hydrogen-bond acceptors (Lipinski definition) is 4. The normalized spacial score (nSPS) is 12.3. The summed E-state index contributed by atoms with van der Waals surface area (Å²) < 4.78 is 29.9. The van der Waals surface area contributed by atoms with Crippen molar-refractivity contribution in [3.63, 3.8) is 0 Å². The van der Waals surface area contributed by atoms with Crippen molar-refractivity contribution in [2.75, 3.05) is 24.2 Å². The Kier molecular flexibility index (Phi) is 7.10. The van der Waals surface area contributed by atoms with E-state index in [1.54, 1.807) is 31.2 Å². The maximum absolute atomic E-state index is 12.2. The zero-order valence-electron chi connectivity index (χ0n) is 15.5. The van der Waals surface area contributed by atoms with Crippen molar-refractivity contribution in [2.24, 2.45) is 0 Å². The molecule has 0 aliphatic carbocycles. The number of hydrogen-bond donors (Lipinski definition) is 1. The summed E-state index contributed by atoms with van der Waals surface area (Å²) in [5.41, 5.74) is 1.60. The van der Waals surface area contributed by atoms with Gasteiger partial charge in [0.2, 0.25) is 10.0 Å². The zero-order valence-corrected chi connectivity index (χ0v) is 17.0. The first-order chi connectivity index (χ1) is 12.7. The van der Waals surface area contributed by atoms with Gasteiger partial charge in [-0.05, 0) is 55.3 Å². The van der Waals surface area contributed by atoms with E-state index in [9.17, 15) is 13.2 Å². The predicted octanol–water partition coefficient (Wildman–Crippen LogP) is 2.86. The quantitative estimate of drug-likeness (QED) is 0.726. The third kappa shape index (κ3) is 6.45. The van der Waals surface area contributed by atoms with E-state index in [4.69, 9.17) is 16.3 Å². The summed E-state index contributed by atoms with van der Waals surface area (Å²) in [6.45, 7) is 2.15. The minimum absolute atomic E-state index is 0.221. The first-order valence-electron chi connectivity index (χ1n) is 8.39. The van der Waals surface area contributed by atoms with Gasteiger partial charge in [-0.15, -0.1) is 0 Å². The smallest absolute Gasteiger partial charge is 0.260 e. The van der Waals surface area contributed by atoms with E-state index in [1.807, 2.05) is 24.3 Å². The number of anilines is 1. The minimum Gasteiger partial charge on any atom is -0.481 e. The molecule has 27 heavy (non-hydrogen) atoms. The molecule has 0 unspecified atom stereocenters. The molecule has 0 bridgehead atoms. The average molecular weight is 411 g/mol. The van der Waals surface area contributed by atoms with Crippen LogP contribution in [0.3, 0.4) is 0 Å². The van der Waals surface area contributed by atoms with Gasteiger partial charge in [-0.1, -0.05) is 23.7 Å². The molecule has 6 nitrogen and oxygen atoms in total. The van der Waals surface area contributed by atoms with Gasteiger partial charge in [-0.25, -0.2) is 8.42 Å². The second-order valence-electron chi connectivity index (χ2n) is 6.15. The molecular formula is C19H23ClN2O4S. The lowest BCUT2D eigenvalue weighted by atomic mass is 10.1. The van der Waals surface area contributed by atoms with E-state index in [-0.39, 0.29) is 5.91 Å². The maximum atomic E-state index is 12.2. The van der Waals surface area contributed by atoms with Crippen LogP contribution in [0.4, 0.5) is 5.69 Å². The summed E-state index contributed by atoms with van der Waals surface area (Å²) in [5.74, 6) is 0.266. The van der Waals surface area contributed by atoms with E-state index in [1.165, 1.54) is 11.4 Å². The Morgan fingerprint density at radius 1 is 1.15 bits per heavy atom. The topological polar surface area (TPSA) is 75.7 Å². The second kappa shape index (κ2) is 9.10. The van der Waals surface area contributed by atoms with Crippen molar-refractivity contribution in [1.29, 1.82) is 0 Å². The second-order valence-corrected chi connectivity index (χ2v) is 8.60. The van der Waals surface area contributed by atoms with Crippen LogP contribution in [0, 0.1) is 0 Å². The lowest BCUT2D eigenvalue weighted by molar-refractivity contribution is -0.127. The summed E-state index contributed by atoms with van der Waals surface area (Å²) in [6, 6.07) is 14.0. The molecular weight excluding hydrogens is 388 g/mol. The third-order valence-electron chi connectivity index (χ3n) is 4.01. The summed E-state index contributed by atoms with van der Waals surface area (Å²) in [7, 11) is -1.85. The number of halogens is 1. The van der Waals surface area contributed by atoms with E-state index >= 15 is 0 Å². The van der Waals surface area contributed by atoms with Crippen LogP contribution in [-0.4, -0.2) is 40.3 Å². The molecule has 0 radical (unpaired) electrons. The molecule has 1 atom stereocenters. The first kappa shape index (κ1) is 21.1. The Morgan fingerprint density at radius 3 is 2.30 bits per heavy atom. The first-order valence-corrected chi connectivity index (χ1v) is 10.6. The van der Waals surface area contributed by atoms with Crippen LogP contribution in [0.25, 0.3) is 0 Å². The number of carbonyl (C=O) groups excluding carboxylic acids is 1. The molecule has 146 valence electrons. The monoisotopic (exact) mass is 410 g/mol. The molecule has 0 saturated heterocycles. The average Bonchev–Trinajstić information content (AvgIpc) is 2.62. The van der Waals surface area contributed by atoms with Gasteiger partial charge in [-0.3, -0.25) is 9.10 Å². The van der Waals surface area contributed by atoms with Crippen LogP contribution in [0.5, 0.6) is 5.75 Å². The Hall–Kier alpha value is -2.25. The van der Waals surface area contributed by atoms with Crippen LogP contribution in [0.15, 0.2) is 48.5 Å². The van der Waals surface area contributed by atoms with Gasteiger partial charge in [0.05, 0.1) is 11.9 Å². The number of sulfonamides is 1. The highest BCUT2D eigenvalue weighted by Crippen LogP contribution is 2.21. The van der Waals surface area contributed by atoms with Crippen LogP contribution < -0.4 is 14.4 Å². The third-order valence-corrected chi connectivity index (χ3v) is 5.46. The van der Waals surface area contributed by atoms with Gasteiger partial charge in [0.1, 0.15) is 5.75 Å². The van der Waals surface area contributed by atoms with E-state index in [2.05, 4.69) is 5.32 Å². The fraction of sp³-hybridized carbons (Fsp3) is 0.316. The molecule has 0 spiro atoms. The number of ether oxygens (including phenoxy) is 1. The Balaban J connectivity index is 1.84. The van der Waals surface area contributed by atoms with Crippen molar-refractivity contribution in [3.05, 3.63) is 59.1 Å². The zero-order chi connectivity index (χ0) is 20.0. The molecule has 0 heterocycles. The van der Waals surface area contributed by atoms with Crippen molar-refractivity contribution in [1.82, 2.24) is 5.32 Å². The van der Waals surface area contributed by atoms with Gasteiger partial charge in [0.15, 0.2) is 6.10 Å². The van der Waals surface area contributed by atoms with Crippen LogP contribution >= 0.6 is 11.6 Å². The van der Waals surface area contributed by atoms with Crippen LogP contribution in [-0.2, 0) is 21.2 Å². The Labute approximate surface area is 165 Å². The summed E-state index contributed by atoms with van der Waals surface area (Å²) in [6.07, 6.45) is 1.16. The molecule has 0 aliphatic heterocycles. The summed E-state index contributed by atoms with van der Waals surface area (Å²) in [4.78, 5) is 12.2. The van der Waals surface area contributed by atoms with Crippen molar-refractivity contribution in [3.8, 4) is 5.75 Å². The fourth-order valence-corrected chi connectivity index (χ4v) is 2.94. The van der Waals surface area contributed by atoms with Gasteiger partial charge in [0, 0.05) is 18.6 Å². The molecule has 1 N–H and O–H groups in total. The number of nitrogens with one attached hydrogen (secondary N) is 1. The number of carbonyl (C=O) groups is 1. The minimum atomic E-state index is -3.32. The van der Waals surface area contributed by atoms with Gasteiger partial charge in [-0.2, -0.15) is 0 Å². The van der Waals surface area contributed by atoms with Gasteiger partial charge in [0.25, 0.3) is 5.91 Å². The SMILES string of the molecule is C[C@@H](Oc1ccc(N(C)S(C)(=O)=O)cc1)C(=O)NCCc1ccc(Cl)cc1. The predicted molar refractivity (Wildman–Crippen MR) is 108 cm³/mol. The molecule has 0 saturated carbocycles. The molecule has 0 fully saturated rings. The standard InChI is InChI=1S/C19H23ClN2O4S/c1-14(19(23)21-13-12-15-4-6-16(20)7-5-15)26-18-10-8-17(9-11-18)22(2)27(3,24)25/h4-11,14H,12-13H2,1-3H3,(H,21,23)/t14-/m1/s1. The summed E-state index contributed by atoms with van der Waals surface area (Å²) in [5, 5.41) is 3.51. The van der Waals surface area contributed by atoms with Crippen molar-refractivity contribution < 1.29 is 17.9 Å². The van der Waals surface area contributed by atoms with E-state index < -0.39 is 16.1 Å². The molecule has 2 aromatic carbocycles. The van der Waals surface area contributed by atoms with E-state index in [0.29, 0.717) is 29.4 Å². The number of nitrogens with zero attached hydrogens (tertiary/aromatic N) is 1. The highest BCUT2D eigenvalue weighted by atomic mass is 35.5. The van der Waals surface area contributed by atoms with Crippen LogP contribution in [0.1, 0.15) is 12.5 Å². The Morgan fingerprint density at radius 2 is 1.74 bits per heavy atom. The highest BCUT2D eigenvalue weighted by Gasteiger charge is 2.15. The molecule has 8 heteroatoms. The van der Waals surface area contributed by atoms with Gasteiger partial charge >= 0.3 is 0 Å². The lowest BCUT2D eigenvalue weighted by Gasteiger charge is -2.18. The van der Waals surface area contributed by atoms with Crippen molar-refractivity contribution >= 4 is 33.2 Å². The number of amides is 1. The maximum Gasteiger partial charge on any atom is 0.260 e. The number of rotatable bonds is 8. The Bertz CT molecular complexity index is 868. The molecule has 0 aromatic heterocycles. The van der Waals surface area contributed by atoms with Crippen LogP contribution in [0.2, 0.25) is 5.02 Å². The fourth-order valence-electron chi connectivity index (χ4n) is 2.31.